The molecule has 0 saturated carbocycles. The average Bonchev–Trinajstić information content (AvgIpc) is 2.62. The molecule has 1 aromatic heterocycles. The fourth-order valence-electron chi connectivity index (χ4n) is 2.50. The second-order valence-electron chi connectivity index (χ2n) is 5.10. The van der Waals surface area contributed by atoms with E-state index in [-0.39, 0.29) is 17.2 Å². The standard InChI is InChI=1S/C19H16N2O2/c1-20-19(23)17(18(22)14-8-10-21-11-9-14)16-7-6-13-4-2-3-5-15(13)12-16/h2-12,22H,1H3,(H,20,23)/b18-17-. The fourth-order valence-corrected chi connectivity index (χ4v) is 2.50. The van der Waals surface area contributed by atoms with Crippen LogP contribution in [-0.2, 0) is 4.79 Å². The molecule has 0 spiro atoms. The molecule has 0 saturated heterocycles. The van der Waals surface area contributed by atoms with Crippen LogP contribution in [0.3, 0.4) is 0 Å². The second kappa shape index (κ2) is 6.32. The van der Waals surface area contributed by atoms with E-state index in [1.54, 1.807) is 31.6 Å². The number of aliphatic hydroxyl groups is 1. The zero-order valence-electron chi connectivity index (χ0n) is 12.7. The molecule has 23 heavy (non-hydrogen) atoms. The lowest BCUT2D eigenvalue weighted by Gasteiger charge is -2.11. The molecule has 0 fully saturated rings. The van der Waals surface area contributed by atoms with Crippen LogP contribution >= 0.6 is 0 Å². The summed E-state index contributed by atoms with van der Waals surface area (Å²) in [4.78, 5) is 16.3. The van der Waals surface area contributed by atoms with Gasteiger partial charge in [0, 0.05) is 25.0 Å². The van der Waals surface area contributed by atoms with Crippen LogP contribution in [0.2, 0.25) is 0 Å². The van der Waals surface area contributed by atoms with Gasteiger partial charge in [0.2, 0.25) is 0 Å². The average molecular weight is 304 g/mol. The predicted molar refractivity (Wildman–Crippen MR) is 91.7 cm³/mol. The van der Waals surface area contributed by atoms with Gasteiger partial charge in [0.05, 0.1) is 5.57 Å². The van der Waals surface area contributed by atoms with Gasteiger partial charge < -0.3 is 10.4 Å². The van der Waals surface area contributed by atoms with Gasteiger partial charge in [-0.2, -0.15) is 0 Å². The number of nitrogens with one attached hydrogen (secondary N) is 1. The maximum absolute atomic E-state index is 12.3. The van der Waals surface area contributed by atoms with Gasteiger partial charge in [-0.1, -0.05) is 36.4 Å². The zero-order valence-corrected chi connectivity index (χ0v) is 12.7. The van der Waals surface area contributed by atoms with Crippen LogP contribution in [0.25, 0.3) is 22.1 Å². The Morgan fingerprint density at radius 2 is 1.65 bits per heavy atom. The Morgan fingerprint density at radius 3 is 2.35 bits per heavy atom. The number of amides is 1. The van der Waals surface area contributed by atoms with Crippen LogP contribution in [0.5, 0.6) is 0 Å². The second-order valence-corrected chi connectivity index (χ2v) is 5.10. The summed E-state index contributed by atoms with van der Waals surface area (Å²) in [6, 6.07) is 16.9. The van der Waals surface area contributed by atoms with Gasteiger partial charge in [-0.05, 0) is 34.5 Å². The highest BCUT2D eigenvalue weighted by Crippen LogP contribution is 2.27. The summed E-state index contributed by atoms with van der Waals surface area (Å²) < 4.78 is 0. The Bertz CT molecular complexity index is 886. The van der Waals surface area contributed by atoms with Gasteiger partial charge >= 0.3 is 0 Å². The Kier molecular flexibility index (Phi) is 4.06. The van der Waals surface area contributed by atoms with Gasteiger partial charge in [0.1, 0.15) is 5.76 Å². The third kappa shape index (κ3) is 2.92. The highest BCUT2D eigenvalue weighted by molar-refractivity contribution is 6.26. The molecule has 3 aromatic rings. The first kappa shape index (κ1) is 14.8. The smallest absolute Gasteiger partial charge is 0.255 e. The number of aliphatic hydroxyl groups excluding tert-OH is 1. The molecular weight excluding hydrogens is 288 g/mol. The van der Waals surface area contributed by atoms with Gasteiger partial charge in [-0.15, -0.1) is 0 Å². The summed E-state index contributed by atoms with van der Waals surface area (Å²) in [5.74, 6) is -0.406. The molecule has 0 atom stereocenters. The third-order valence-corrected chi connectivity index (χ3v) is 3.68. The minimum absolute atomic E-state index is 0.0676. The van der Waals surface area contributed by atoms with Crippen molar-refractivity contribution in [1.82, 2.24) is 10.3 Å². The first-order valence-electron chi connectivity index (χ1n) is 7.25. The van der Waals surface area contributed by atoms with Crippen molar-refractivity contribution in [3.8, 4) is 0 Å². The van der Waals surface area contributed by atoms with Crippen molar-refractivity contribution in [2.75, 3.05) is 7.05 Å². The number of fused-ring (bicyclic) bond motifs is 1. The van der Waals surface area contributed by atoms with Crippen molar-refractivity contribution in [2.24, 2.45) is 0 Å². The van der Waals surface area contributed by atoms with Crippen LogP contribution < -0.4 is 5.32 Å². The van der Waals surface area contributed by atoms with Crippen molar-refractivity contribution >= 4 is 28.0 Å². The van der Waals surface area contributed by atoms with E-state index in [1.807, 2.05) is 42.5 Å². The van der Waals surface area contributed by atoms with Crippen LogP contribution in [0.1, 0.15) is 11.1 Å². The topological polar surface area (TPSA) is 62.2 Å². The first-order chi connectivity index (χ1) is 11.2. The number of benzene rings is 2. The molecule has 114 valence electrons. The fraction of sp³-hybridized carbons (Fsp3) is 0.0526. The van der Waals surface area contributed by atoms with E-state index < -0.39 is 0 Å². The number of aromatic nitrogens is 1. The normalized spacial score (nSPS) is 11.9. The molecule has 2 aromatic carbocycles. The summed E-state index contributed by atoms with van der Waals surface area (Å²) in [5.41, 5.74) is 1.45. The van der Waals surface area contributed by atoms with Gasteiger partial charge in [-0.3, -0.25) is 9.78 Å². The lowest BCUT2D eigenvalue weighted by atomic mass is 9.97. The highest BCUT2D eigenvalue weighted by atomic mass is 16.3. The number of carbonyl (C=O) groups excluding carboxylic acids is 1. The van der Waals surface area contributed by atoms with Crippen LogP contribution in [0.4, 0.5) is 0 Å². The molecular formula is C19H16N2O2. The van der Waals surface area contributed by atoms with Crippen molar-refractivity contribution < 1.29 is 9.90 Å². The minimum atomic E-state index is -0.338. The Labute approximate surface area is 134 Å². The maximum atomic E-state index is 12.3. The Morgan fingerprint density at radius 1 is 0.957 bits per heavy atom. The summed E-state index contributed by atoms with van der Waals surface area (Å²) >= 11 is 0. The predicted octanol–water partition coefficient (Wildman–Crippen LogP) is 3.41. The quantitative estimate of drug-likeness (QED) is 0.576. The number of hydrogen-bond acceptors (Lipinski definition) is 3. The molecule has 3 rings (SSSR count). The molecule has 1 heterocycles. The van der Waals surface area contributed by atoms with Crippen molar-refractivity contribution in [3.63, 3.8) is 0 Å². The number of hydrogen-bond donors (Lipinski definition) is 2. The first-order valence-corrected chi connectivity index (χ1v) is 7.25. The van der Waals surface area contributed by atoms with E-state index in [1.165, 1.54) is 0 Å². The van der Waals surface area contributed by atoms with E-state index in [0.29, 0.717) is 11.1 Å². The number of carbonyl (C=O) groups is 1. The number of pyridine rings is 1. The van der Waals surface area contributed by atoms with E-state index >= 15 is 0 Å². The summed E-state index contributed by atoms with van der Waals surface area (Å²) in [6.45, 7) is 0. The van der Waals surface area contributed by atoms with E-state index in [2.05, 4.69) is 10.3 Å². The van der Waals surface area contributed by atoms with E-state index in [0.717, 1.165) is 10.8 Å². The summed E-state index contributed by atoms with van der Waals surface area (Å²) in [6.07, 6.45) is 3.15. The zero-order chi connectivity index (χ0) is 16.2. The molecule has 4 nitrogen and oxygen atoms in total. The molecule has 0 bridgehead atoms. The monoisotopic (exact) mass is 304 g/mol. The van der Waals surface area contributed by atoms with E-state index in [9.17, 15) is 9.90 Å². The molecule has 0 aliphatic rings. The molecule has 2 N–H and O–H groups in total. The maximum Gasteiger partial charge on any atom is 0.255 e. The highest BCUT2D eigenvalue weighted by Gasteiger charge is 2.18. The van der Waals surface area contributed by atoms with Crippen molar-refractivity contribution in [1.29, 1.82) is 0 Å². The Hall–Kier alpha value is -3.14. The summed E-state index contributed by atoms with van der Waals surface area (Å²) in [7, 11) is 1.54. The van der Waals surface area contributed by atoms with Crippen molar-refractivity contribution in [3.05, 3.63) is 78.1 Å². The van der Waals surface area contributed by atoms with Crippen LogP contribution in [-0.4, -0.2) is 23.0 Å². The number of nitrogens with zero attached hydrogens (tertiary/aromatic N) is 1. The number of rotatable bonds is 3. The minimum Gasteiger partial charge on any atom is -0.506 e. The van der Waals surface area contributed by atoms with Crippen LogP contribution in [0, 0.1) is 0 Å². The van der Waals surface area contributed by atoms with Gasteiger partial charge in [0.25, 0.3) is 5.91 Å². The molecule has 0 aliphatic carbocycles. The third-order valence-electron chi connectivity index (χ3n) is 3.68. The molecule has 4 heteroatoms. The molecule has 0 radical (unpaired) electrons. The van der Waals surface area contributed by atoms with Crippen molar-refractivity contribution in [2.45, 2.75) is 0 Å². The van der Waals surface area contributed by atoms with E-state index in [4.69, 9.17) is 0 Å². The summed E-state index contributed by atoms with van der Waals surface area (Å²) in [5, 5.41) is 15.3. The molecule has 1 amide bonds. The van der Waals surface area contributed by atoms with Crippen LogP contribution in [0.15, 0.2) is 67.0 Å². The number of likely N-dealkylation sites (N-methyl/N-ethyl adjacent to an activating group) is 1. The lowest BCUT2D eigenvalue weighted by Crippen LogP contribution is -2.20. The molecule has 0 aliphatic heterocycles. The SMILES string of the molecule is CNC(=O)/C(=C(\O)c1ccncc1)c1ccc2ccccc2c1. The molecule has 0 unspecified atom stereocenters. The van der Waals surface area contributed by atoms with Gasteiger partial charge in [-0.25, -0.2) is 0 Å². The Balaban J connectivity index is 2.21. The lowest BCUT2D eigenvalue weighted by molar-refractivity contribution is -0.115. The van der Waals surface area contributed by atoms with Gasteiger partial charge in [0.15, 0.2) is 0 Å². The largest absolute Gasteiger partial charge is 0.506 e.